The zero-order valence-electron chi connectivity index (χ0n) is 71.2. The van der Waals surface area contributed by atoms with Crippen molar-refractivity contribution in [2.45, 2.75) is 496 Å². The maximum atomic E-state index is 13.2. The molecule has 0 bridgehead atoms. The lowest BCUT2D eigenvalue weighted by molar-refractivity contribution is -0.161. The zero-order valence-corrected chi connectivity index (χ0v) is 73.0. The Kier molecular flexibility index (Phi) is 78.8. The molecule has 0 aliphatic carbocycles. The van der Waals surface area contributed by atoms with Gasteiger partial charge in [-0.15, -0.1) is 0 Å². The summed E-state index contributed by atoms with van der Waals surface area (Å²) in [6, 6.07) is 0. The standard InChI is InChI=1S/C89H174O17P2/c1-7-9-11-13-15-17-19-20-21-22-23-27-32-37-42-48-54-60-66-72-87(92)100-78-85(106-89(94)73-67-61-55-49-43-38-33-28-25-24-26-30-35-40-45-51-57-63-69-81(3)4)80-104-108(97,98)102-76-83(90)75-101-107(95,96)103-79-84(77-99-86(91)71-65-59-53-47-18-16-14-12-10-8-2)105-88(93)74-68-62-56-50-44-39-34-29-31-36-41-46-52-58-64-70-82(5)6/h81-85,90H,7-80H2,1-6H3,(H,95,96)(H,97,98)/t83-,84+,85+/m0/s1. The van der Waals surface area contributed by atoms with E-state index in [1.165, 1.54) is 295 Å². The van der Waals surface area contributed by atoms with Crippen LogP contribution in [0, 0.1) is 11.8 Å². The smallest absolute Gasteiger partial charge is 0.462 e. The molecule has 0 saturated carbocycles. The Bertz CT molecular complexity index is 2060. The van der Waals surface area contributed by atoms with Crippen LogP contribution in [0.1, 0.15) is 478 Å². The maximum absolute atomic E-state index is 13.2. The van der Waals surface area contributed by atoms with Crippen LogP contribution in [0.3, 0.4) is 0 Å². The van der Waals surface area contributed by atoms with Crippen LogP contribution in [0.25, 0.3) is 0 Å². The van der Waals surface area contributed by atoms with Crippen molar-refractivity contribution in [2.75, 3.05) is 39.6 Å². The number of hydrogen-bond acceptors (Lipinski definition) is 15. The molecule has 17 nitrogen and oxygen atoms in total. The Morgan fingerprint density at radius 3 is 0.630 bits per heavy atom. The highest BCUT2D eigenvalue weighted by atomic mass is 31.2. The summed E-state index contributed by atoms with van der Waals surface area (Å²) in [5.41, 5.74) is 0. The lowest BCUT2D eigenvalue weighted by Gasteiger charge is -2.21. The Hall–Kier alpha value is -1.94. The summed E-state index contributed by atoms with van der Waals surface area (Å²) in [5, 5.41) is 10.7. The van der Waals surface area contributed by atoms with E-state index in [4.69, 9.17) is 37.0 Å². The van der Waals surface area contributed by atoms with Crippen molar-refractivity contribution in [3.05, 3.63) is 0 Å². The van der Waals surface area contributed by atoms with E-state index in [1.54, 1.807) is 0 Å². The van der Waals surface area contributed by atoms with E-state index in [0.29, 0.717) is 25.7 Å². The predicted octanol–water partition coefficient (Wildman–Crippen LogP) is 27.4. The molecule has 19 heteroatoms. The van der Waals surface area contributed by atoms with E-state index in [9.17, 15) is 43.2 Å². The lowest BCUT2D eigenvalue weighted by Crippen LogP contribution is -2.30. The highest BCUT2D eigenvalue weighted by Crippen LogP contribution is 2.45. The number of hydrogen-bond donors (Lipinski definition) is 3. The number of esters is 4. The highest BCUT2D eigenvalue weighted by molar-refractivity contribution is 7.47. The second kappa shape index (κ2) is 80.3. The quantitative estimate of drug-likeness (QED) is 0.0222. The van der Waals surface area contributed by atoms with Gasteiger partial charge >= 0.3 is 39.5 Å². The zero-order chi connectivity index (χ0) is 79.2. The van der Waals surface area contributed by atoms with E-state index in [2.05, 4.69) is 41.5 Å². The van der Waals surface area contributed by atoms with Gasteiger partial charge in [0, 0.05) is 25.7 Å². The first-order valence-corrected chi connectivity index (χ1v) is 49.0. The normalized spacial score (nSPS) is 13.8. The Labute approximate surface area is 664 Å². The molecule has 642 valence electrons. The van der Waals surface area contributed by atoms with E-state index < -0.39 is 97.5 Å². The van der Waals surface area contributed by atoms with Crippen molar-refractivity contribution in [1.29, 1.82) is 0 Å². The van der Waals surface area contributed by atoms with Gasteiger partial charge in [0.15, 0.2) is 12.2 Å². The van der Waals surface area contributed by atoms with Gasteiger partial charge < -0.3 is 33.8 Å². The van der Waals surface area contributed by atoms with Gasteiger partial charge in [-0.25, -0.2) is 9.13 Å². The van der Waals surface area contributed by atoms with Crippen LogP contribution in [0.5, 0.6) is 0 Å². The molecule has 0 aromatic heterocycles. The van der Waals surface area contributed by atoms with Crippen molar-refractivity contribution in [2.24, 2.45) is 11.8 Å². The van der Waals surface area contributed by atoms with Crippen LogP contribution in [0.15, 0.2) is 0 Å². The van der Waals surface area contributed by atoms with Gasteiger partial charge in [0.05, 0.1) is 26.4 Å². The van der Waals surface area contributed by atoms with E-state index in [1.807, 2.05) is 0 Å². The second-order valence-corrected chi connectivity index (χ2v) is 35.8. The summed E-state index contributed by atoms with van der Waals surface area (Å²) in [6.45, 7) is 9.75. The van der Waals surface area contributed by atoms with Crippen molar-refractivity contribution < 1.29 is 80.2 Å². The van der Waals surface area contributed by atoms with Gasteiger partial charge in [0.25, 0.3) is 0 Å². The molecule has 0 spiro atoms. The number of ether oxygens (including phenoxy) is 4. The van der Waals surface area contributed by atoms with Gasteiger partial charge in [0.2, 0.25) is 0 Å². The van der Waals surface area contributed by atoms with Crippen molar-refractivity contribution in [1.82, 2.24) is 0 Å². The summed E-state index contributed by atoms with van der Waals surface area (Å²) in [4.78, 5) is 73.3. The summed E-state index contributed by atoms with van der Waals surface area (Å²) in [5.74, 6) is -0.475. The minimum absolute atomic E-state index is 0.108. The van der Waals surface area contributed by atoms with Crippen LogP contribution in [0.2, 0.25) is 0 Å². The number of carbonyl (C=O) groups is 4. The first-order chi connectivity index (χ1) is 52.4. The van der Waals surface area contributed by atoms with E-state index in [0.717, 1.165) is 102 Å². The summed E-state index contributed by atoms with van der Waals surface area (Å²) in [6.07, 6.45) is 73.6. The van der Waals surface area contributed by atoms with Crippen LogP contribution < -0.4 is 0 Å². The molecule has 0 fully saturated rings. The van der Waals surface area contributed by atoms with Gasteiger partial charge in [-0.1, -0.05) is 427 Å². The van der Waals surface area contributed by atoms with E-state index in [-0.39, 0.29) is 25.7 Å². The van der Waals surface area contributed by atoms with E-state index >= 15 is 0 Å². The molecule has 2 unspecified atom stereocenters. The number of carbonyl (C=O) groups excluding carboxylic acids is 4. The van der Waals surface area contributed by atoms with Crippen LogP contribution in [-0.4, -0.2) is 96.7 Å². The number of aliphatic hydroxyl groups is 1. The number of aliphatic hydroxyl groups excluding tert-OH is 1. The van der Waals surface area contributed by atoms with Crippen LogP contribution in [0.4, 0.5) is 0 Å². The van der Waals surface area contributed by atoms with Crippen LogP contribution in [-0.2, 0) is 65.4 Å². The van der Waals surface area contributed by atoms with Crippen LogP contribution >= 0.6 is 15.6 Å². The molecule has 0 rings (SSSR count). The molecule has 5 atom stereocenters. The molecule has 0 aromatic carbocycles. The minimum Gasteiger partial charge on any atom is -0.462 e. The highest BCUT2D eigenvalue weighted by Gasteiger charge is 2.31. The SMILES string of the molecule is CCCCCCCCCCCCCCCCCCCCCC(=O)OC[C@H](COP(=O)(O)OC[C@@H](O)COP(=O)(O)OC[C@@H](COC(=O)CCCCCCCCCCCC)OC(=O)CCCCCCCCCCCCCCCCCC(C)C)OC(=O)CCCCCCCCCCCCCCCCCCCCC(C)C. The average molecular weight is 1580 g/mol. The first kappa shape index (κ1) is 106. The molecular weight excluding hydrogens is 1400 g/mol. The molecule has 0 aliphatic heterocycles. The van der Waals surface area contributed by atoms with Crippen molar-refractivity contribution in [3.63, 3.8) is 0 Å². The third kappa shape index (κ3) is 82.1. The summed E-state index contributed by atoms with van der Waals surface area (Å²) < 4.78 is 69.0. The minimum atomic E-state index is -4.97. The summed E-state index contributed by atoms with van der Waals surface area (Å²) >= 11 is 0. The largest absolute Gasteiger partial charge is 0.472 e. The second-order valence-electron chi connectivity index (χ2n) is 32.9. The molecule has 0 amide bonds. The number of unbranched alkanes of at least 4 members (excludes halogenated alkanes) is 58. The fraction of sp³-hybridized carbons (Fsp3) is 0.955. The Morgan fingerprint density at radius 2 is 0.426 bits per heavy atom. The Balaban J connectivity index is 5.22. The molecule has 0 saturated heterocycles. The maximum Gasteiger partial charge on any atom is 0.472 e. The number of phosphoric ester groups is 2. The molecular formula is C89H174O17P2. The average Bonchev–Trinajstić information content (AvgIpc) is 0.899. The van der Waals surface area contributed by atoms with Gasteiger partial charge in [-0.2, -0.15) is 0 Å². The molecule has 3 N–H and O–H groups in total. The first-order valence-electron chi connectivity index (χ1n) is 46.0. The van der Waals surface area contributed by atoms with Gasteiger partial charge in [-0.05, 0) is 37.5 Å². The topological polar surface area (TPSA) is 237 Å². The molecule has 0 aromatic rings. The van der Waals surface area contributed by atoms with Crippen molar-refractivity contribution >= 4 is 39.5 Å². The van der Waals surface area contributed by atoms with Gasteiger partial charge in [-0.3, -0.25) is 37.3 Å². The van der Waals surface area contributed by atoms with Gasteiger partial charge in [0.1, 0.15) is 19.3 Å². The number of phosphoric acid groups is 2. The molecule has 0 aliphatic rings. The lowest BCUT2D eigenvalue weighted by atomic mass is 10.0. The monoisotopic (exact) mass is 1580 g/mol. The Morgan fingerprint density at radius 1 is 0.250 bits per heavy atom. The molecule has 0 radical (unpaired) electrons. The predicted molar refractivity (Wildman–Crippen MR) is 446 cm³/mol. The van der Waals surface area contributed by atoms with Crippen molar-refractivity contribution in [3.8, 4) is 0 Å². The molecule has 108 heavy (non-hydrogen) atoms. The number of rotatable bonds is 88. The third-order valence-electron chi connectivity index (χ3n) is 21.0. The third-order valence-corrected chi connectivity index (χ3v) is 22.9. The summed E-state index contributed by atoms with van der Waals surface area (Å²) in [7, 11) is -9.93. The fourth-order valence-electron chi connectivity index (χ4n) is 14.0. The molecule has 0 heterocycles. The fourth-order valence-corrected chi connectivity index (χ4v) is 15.5.